The third-order valence-corrected chi connectivity index (χ3v) is 4.16. The van der Waals surface area contributed by atoms with Crippen LogP contribution >= 0.6 is 0 Å². The molecule has 6 nitrogen and oxygen atoms in total. The number of hydrogen-bond acceptors (Lipinski definition) is 3. The number of rotatable bonds is 3. The van der Waals surface area contributed by atoms with Crippen LogP contribution < -0.4 is 0 Å². The number of carbonyl (C=O) groups is 1. The molecule has 24 heavy (non-hydrogen) atoms. The fourth-order valence-electron chi connectivity index (χ4n) is 2.82. The van der Waals surface area contributed by atoms with Crippen LogP contribution in [-0.4, -0.2) is 70.8 Å². The zero-order valence-electron chi connectivity index (χ0n) is 14.0. The number of urea groups is 1. The van der Waals surface area contributed by atoms with Crippen LogP contribution in [0.1, 0.15) is 5.56 Å². The number of aromatic nitrogens is 2. The molecule has 0 saturated carbocycles. The lowest BCUT2D eigenvalue weighted by atomic mass is 10.2. The third kappa shape index (κ3) is 3.73. The molecule has 0 unspecified atom stereocenters. The van der Waals surface area contributed by atoms with E-state index in [1.54, 1.807) is 35.8 Å². The molecule has 1 aromatic heterocycles. The van der Waals surface area contributed by atoms with Gasteiger partial charge in [-0.05, 0) is 24.3 Å². The number of hydrogen-bond donors (Lipinski definition) is 0. The number of piperazine rings is 1. The van der Waals surface area contributed by atoms with Crippen LogP contribution in [0.2, 0.25) is 0 Å². The predicted molar refractivity (Wildman–Crippen MR) is 89.5 cm³/mol. The van der Waals surface area contributed by atoms with Gasteiger partial charge in [0.05, 0.1) is 11.9 Å². The van der Waals surface area contributed by atoms with E-state index in [0.717, 1.165) is 44.0 Å². The van der Waals surface area contributed by atoms with E-state index in [4.69, 9.17) is 0 Å². The van der Waals surface area contributed by atoms with Crippen molar-refractivity contribution in [3.63, 3.8) is 0 Å². The van der Waals surface area contributed by atoms with Crippen molar-refractivity contribution in [3.8, 4) is 5.69 Å². The van der Waals surface area contributed by atoms with Gasteiger partial charge in [-0.25, -0.2) is 13.9 Å². The summed E-state index contributed by atoms with van der Waals surface area (Å²) in [4.78, 5) is 17.7. The molecule has 1 fully saturated rings. The van der Waals surface area contributed by atoms with Gasteiger partial charge in [0.1, 0.15) is 5.82 Å². The Labute approximate surface area is 141 Å². The summed E-state index contributed by atoms with van der Waals surface area (Å²) in [5.74, 6) is -0.253. The van der Waals surface area contributed by atoms with Crippen LogP contribution in [0.5, 0.6) is 0 Å². The molecular formula is C17H22FN5O. The molecule has 1 aliphatic heterocycles. The fourth-order valence-corrected chi connectivity index (χ4v) is 2.82. The van der Waals surface area contributed by atoms with Crippen molar-refractivity contribution in [3.05, 3.63) is 48.0 Å². The Hall–Kier alpha value is -2.41. The second-order valence-electron chi connectivity index (χ2n) is 6.21. The Balaban J connectivity index is 1.56. The average molecular weight is 331 g/mol. The first-order chi connectivity index (χ1) is 11.5. The first-order valence-corrected chi connectivity index (χ1v) is 8.01. The third-order valence-electron chi connectivity index (χ3n) is 4.16. The van der Waals surface area contributed by atoms with Gasteiger partial charge in [0.25, 0.3) is 0 Å². The van der Waals surface area contributed by atoms with Crippen LogP contribution in [-0.2, 0) is 6.54 Å². The summed E-state index contributed by atoms with van der Waals surface area (Å²) >= 11 is 0. The molecule has 0 spiro atoms. The molecule has 2 amide bonds. The van der Waals surface area contributed by atoms with Crippen molar-refractivity contribution in [2.24, 2.45) is 0 Å². The maximum absolute atomic E-state index is 13.0. The van der Waals surface area contributed by atoms with E-state index in [0.29, 0.717) is 0 Å². The Morgan fingerprint density at radius 1 is 1.17 bits per heavy atom. The molecule has 0 aliphatic carbocycles. The van der Waals surface area contributed by atoms with Crippen molar-refractivity contribution in [2.75, 3.05) is 40.3 Å². The van der Waals surface area contributed by atoms with Gasteiger partial charge < -0.3 is 9.80 Å². The minimum absolute atomic E-state index is 0.0683. The Kier molecular flexibility index (Phi) is 4.80. The molecule has 0 radical (unpaired) electrons. The monoisotopic (exact) mass is 331 g/mol. The van der Waals surface area contributed by atoms with Crippen LogP contribution in [0, 0.1) is 5.82 Å². The molecule has 1 saturated heterocycles. The van der Waals surface area contributed by atoms with Crippen molar-refractivity contribution >= 4 is 6.03 Å². The molecule has 7 heteroatoms. The van der Waals surface area contributed by atoms with E-state index in [-0.39, 0.29) is 11.8 Å². The molecule has 2 aromatic rings. The second-order valence-corrected chi connectivity index (χ2v) is 6.21. The average Bonchev–Trinajstić information content (AvgIpc) is 3.04. The van der Waals surface area contributed by atoms with Gasteiger partial charge in [0, 0.05) is 58.6 Å². The van der Waals surface area contributed by atoms with Gasteiger partial charge >= 0.3 is 6.03 Å². The Morgan fingerprint density at radius 3 is 2.46 bits per heavy atom. The highest BCUT2D eigenvalue weighted by Gasteiger charge is 2.22. The van der Waals surface area contributed by atoms with E-state index in [2.05, 4.69) is 10.00 Å². The first kappa shape index (κ1) is 16.4. The molecule has 0 bridgehead atoms. The highest BCUT2D eigenvalue weighted by atomic mass is 19.1. The van der Waals surface area contributed by atoms with Gasteiger partial charge in [-0.15, -0.1) is 0 Å². The summed E-state index contributed by atoms with van der Waals surface area (Å²) in [6.45, 7) is 3.97. The molecule has 0 N–H and O–H groups in total. The number of benzene rings is 1. The van der Waals surface area contributed by atoms with Gasteiger partial charge in [0.15, 0.2) is 0 Å². The molecule has 3 rings (SSSR count). The summed E-state index contributed by atoms with van der Waals surface area (Å²) < 4.78 is 14.7. The van der Waals surface area contributed by atoms with Crippen molar-refractivity contribution in [2.45, 2.75) is 6.54 Å². The SMILES string of the molecule is CN(C)C(=O)N1CCN(Cc2cnn(-c3ccc(F)cc3)c2)CC1. The van der Waals surface area contributed by atoms with E-state index >= 15 is 0 Å². The summed E-state index contributed by atoms with van der Waals surface area (Å²) in [6.07, 6.45) is 3.80. The molecule has 1 aliphatic rings. The first-order valence-electron chi connectivity index (χ1n) is 8.01. The zero-order valence-corrected chi connectivity index (χ0v) is 14.0. The van der Waals surface area contributed by atoms with Gasteiger partial charge in [-0.2, -0.15) is 5.10 Å². The van der Waals surface area contributed by atoms with E-state index < -0.39 is 0 Å². The lowest BCUT2D eigenvalue weighted by molar-refractivity contribution is 0.120. The molecular weight excluding hydrogens is 309 g/mol. The minimum atomic E-state index is -0.253. The summed E-state index contributed by atoms with van der Waals surface area (Å²) in [7, 11) is 3.55. The number of halogens is 1. The normalized spacial score (nSPS) is 15.5. The van der Waals surface area contributed by atoms with Crippen molar-refractivity contribution in [1.29, 1.82) is 0 Å². The van der Waals surface area contributed by atoms with E-state index in [9.17, 15) is 9.18 Å². The van der Waals surface area contributed by atoms with Gasteiger partial charge in [-0.3, -0.25) is 4.90 Å². The molecule has 2 heterocycles. The Morgan fingerprint density at radius 2 is 1.83 bits per heavy atom. The van der Waals surface area contributed by atoms with Crippen LogP contribution in [0.4, 0.5) is 9.18 Å². The lowest BCUT2D eigenvalue weighted by Gasteiger charge is -2.35. The topological polar surface area (TPSA) is 44.6 Å². The summed E-state index contributed by atoms with van der Waals surface area (Å²) in [5.41, 5.74) is 1.94. The maximum atomic E-state index is 13.0. The Bertz CT molecular complexity index is 689. The van der Waals surface area contributed by atoms with Crippen LogP contribution in [0.15, 0.2) is 36.7 Å². The van der Waals surface area contributed by atoms with Gasteiger partial charge in [0.2, 0.25) is 0 Å². The van der Waals surface area contributed by atoms with Gasteiger partial charge in [-0.1, -0.05) is 0 Å². The predicted octanol–water partition coefficient (Wildman–Crippen LogP) is 1.81. The van der Waals surface area contributed by atoms with Crippen molar-refractivity contribution < 1.29 is 9.18 Å². The van der Waals surface area contributed by atoms with Crippen LogP contribution in [0.25, 0.3) is 5.69 Å². The highest BCUT2D eigenvalue weighted by molar-refractivity contribution is 5.73. The quantitative estimate of drug-likeness (QED) is 0.862. The molecule has 1 aromatic carbocycles. The summed E-state index contributed by atoms with van der Waals surface area (Å²) in [5, 5.41) is 4.34. The second kappa shape index (κ2) is 7.00. The van der Waals surface area contributed by atoms with E-state index in [1.807, 2.05) is 17.3 Å². The molecule has 128 valence electrons. The molecule has 0 atom stereocenters. The zero-order chi connectivity index (χ0) is 17.1. The number of amides is 2. The van der Waals surface area contributed by atoms with Crippen molar-refractivity contribution in [1.82, 2.24) is 24.5 Å². The minimum Gasteiger partial charge on any atom is -0.331 e. The lowest BCUT2D eigenvalue weighted by Crippen LogP contribution is -2.51. The standard InChI is InChI=1S/C17H22FN5O/c1-20(2)17(24)22-9-7-21(8-10-22)12-14-11-19-23(13-14)16-5-3-15(18)4-6-16/h3-6,11,13H,7-10,12H2,1-2H3. The number of carbonyl (C=O) groups excluding carboxylic acids is 1. The fraction of sp³-hybridized carbons (Fsp3) is 0.412. The summed E-state index contributed by atoms with van der Waals surface area (Å²) in [6, 6.07) is 6.34. The van der Waals surface area contributed by atoms with Crippen LogP contribution in [0.3, 0.4) is 0 Å². The number of nitrogens with zero attached hydrogens (tertiary/aromatic N) is 5. The largest absolute Gasteiger partial charge is 0.331 e. The highest BCUT2D eigenvalue weighted by Crippen LogP contribution is 2.12. The van der Waals surface area contributed by atoms with E-state index in [1.165, 1.54) is 12.1 Å². The maximum Gasteiger partial charge on any atom is 0.319 e. The smallest absolute Gasteiger partial charge is 0.319 e.